The molecule has 0 saturated carbocycles. The van der Waals surface area contributed by atoms with Crippen LogP contribution >= 0.6 is 0 Å². The lowest BCUT2D eigenvalue weighted by Crippen LogP contribution is -2.39. The molecule has 0 aliphatic rings. The summed E-state index contributed by atoms with van der Waals surface area (Å²) in [7, 11) is 0. The molecule has 138 valence electrons. The minimum absolute atomic E-state index is 0.0531. The highest BCUT2D eigenvalue weighted by atomic mass is 15.4. The zero-order chi connectivity index (χ0) is 19.0. The summed E-state index contributed by atoms with van der Waals surface area (Å²) in [5.41, 5.74) is 12.1. The lowest BCUT2D eigenvalue weighted by molar-refractivity contribution is 0.440. The zero-order valence-corrected chi connectivity index (χ0v) is 15.7. The van der Waals surface area contributed by atoms with E-state index in [1.807, 2.05) is 0 Å². The number of benzene rings is 4. The van der Waals surface area contributed by atoms with Crippen molar-refractivity contribution in [1.29, 1.82) is 0 Å². The van der Waals surface area contributed by atoms with Gasteiger partial charge in [-0.15, -0.1) is 0 Å². The van der Waals surface area contributed by atoms with Crippen LogP contribution in [0.3, 0.4) is 0 Å². The fraction of sp³-hybridized carbons (Fsp3) is 0.0769. The molecule has 0 radical (unpaired) electrons. The summed E-state index contributed by atoms with van der Waals surface area (Å²) >= 11 is 0. The second-order valence-corrected chi connectivity index (χ2v) is 6.80. The van der Waals surface area contributed by atoms with E-state index in [1.165, 1.54) is 22.3 Å². The third kappa shape index (κ3) is 4.37. The predicted octanol–water partition coefficient (Wildman–Crippen LogP) is 5.66. The first-order chi connectivity index (χ1) is 13.9. The Morgan fingerprint density at radius 1 is 0.321 bits per heavy atom. The molecule has 0 aliphatic heterocycles. The van der Waals surface area contributed by atoms with Gasteiger partial charge in [-0.3, -0.25) is 0 Å². The van der Waals surface area contributed by atoms with Gasteiger partial charge in [-0.1, -0.05) is 121 Å². The van der Waals surface area contributed by atoms with E-state index in [9.17, 15) is 0 Å². The van der Waals surface area contributed by atoms with Gasteiger partial charge in [0.2, 0.25) is 0 Å². The number of hydrazine groups is 1. The standard InChI is InChI=1S/C26H24N2/c1-5-13-21(14-6-1)25(22-15-7-2-8-16-22)27-28-26(23-17-9-3-10-18-23)24-19-11-4-12-20-24/h1-20,25-28H. The molecule has 0 aliphatic carbocycles. The van der Waals surface area contributed by atoms with E-state index in [0.29, 0.717) is 0 Å². The summed E-state index contributed by atoms with van der Waals surface area (Å²) in [5, 5.41) is 0. The van der Waals surface area contributed by atoms with Gasteiger partial charge in [0.05, 0.1) is 12.1 Å². The van der Waals surface area contributed by atoms with Crippen molar-refractivity contribution in [3.8, 4) is 0 Å². The molecule has 0 fully saturated rings. The Morgan fingerprint density at radius 2 is 0.536 bits per heavy atom. The van der Waals surface area contributed by atoms with Crippen molar-refractivity contribution < 1.29 is 0 Å². The Balaban J connectivity index is 1.64. The summed E-state index contributed by atoms with van der Waals surface area (Å²) in [6, 6.07) is 42.2. The minimum Gasteiger partial charge on any atom is -0.245 e. The summed E-state index contributed by atoms with van der Waals surface area (Å²) in [6.07, 6.45) is 0. The Kier molecular flexibility index (Phi) is 5.93. The van der Waals surface area contributed by atoms with Gasteiger partial charge >= 0.3 is 0 Å². The summed E-state index contributed by atoms with van der Waals surface area (Å²) in [5.74, 6) is 0. The first-order valence-corrected chi connectivity index (χ1v) is 9.62. The van der Waals surface area contributed by atoms with Crippen molar-refractivity contribution in [2.45, 2.75) is 12.1 Å². The largest absolute Gasteiger partial charge is 0.245 e. The number of nitrogens with one attached hydrogen (secondary N) is 2. The maximum atomic E-state index is 3.60. The SMILES string of the molecule is c1ccc(C(NNC(c2ccccc2)c2ccccc2)c2ccccc2)cc1. The third-order valence-electron chi connectivity index (χ3n) is 4.90. The second kappa shape index (κ2) is 9.14. The van der Waals surface area contributed by atoms with E-state index in [4.69, 9.17) is 0 Å². The monoisotopic (exact) mass is 364 g/mol. The molecule has 0 aromatic heterocycles. The van der Waals surface area contributed by atoms with Crippen LogP contribution in [-0.4, -0.2) is 0 Å². The molecule has 4 aromatic carbocycles. The molecule has 2 heteroatoms. The zero-order valence-electron chi connectivity index (χ0n) is 15.7. The molecule has 0 unspecified atom stereocenters. The van der Waals surface area contributed by atoms with Crippen LogP contribution in [0.4, 0.5) is 0 Å². The van der Waals surface area contributed by atoms with E-state index in [0.717, 1.165) is 0 Å². The molecule has 2 N–H and O–H groups in total. The van der Waals surface area contributed by atoms with Crippen molar-refractivity contribution in [1.82, 2.24) is 10.9 Å². The number of hydrogen-bond donors (Lipinski definition) is 2. The molecule has 0 heterocycles. The molecular weight excluding hydrogens is 340 g/mol. The molecule has 0 bridgehead atoms. The van der Waals surface area contributed by atoms with Crippen LogP contribution in [0, 0.1) is 0 Å². The fourth-order valence-electron chi connectivity index (χ4n) is 3.47. The van der Waals surface area contributed by atoms with E-state index in [-0.39, 0.29) is 12.1 Å². The highest BCUT2D eigenvalue weighted by molar-refractivity contribution is 5.33. The Hall–Kier alpha value is -3.20. The van der Waals surface area contributed by atoms with Gasteiger partial charge in [-0.2, -0.15) is 0 Å². The van der Waals surface area contributed by atoms with Crippen LogP contribution in [0.5, 0.6) is 0 Å². The third-order valence-corrected chi connectivity index (χ3v) is 4.90. The quantitative estimate of drug-likeness (QED) is 0.414. The van der Waals surface area contributed by atoms with Crippen molar-refractivity contribution in [3.05, 3.63) is 144 Å². The summed E-state index contributed by atoms with van der Waals surface area (Å²) in [6.45, 7) is 0. The highest BCUT2D eigenvalue weighted by Gasteiger charge is 2.18. The normalized spacial score (nSPS) is 11.1. The van der Waals surface area contributed by atoms with E-state index < -0.39 is 0 Å². The Bertz CT molecular complexity index is 792. The van der Waals surface area contributed by atoms with Gasteiger partial charge in [-0.05, 0) is 22.3 Å². The number of rotatable bonds is 7. The van der Waals surface area contributed by atoms with Gasteiger partial charge in [0.1, 0.15) is 0 Å². The van der Waals surface area contributed by atoms with Gasteiger partial charge in [0.25, 0.3) is 0 Å². The fourth-order valence-corrected chi connectivity index (χ4v) is 3.47. The molecule has 0 atom stereocenters. The van der Waals surface area contributed by atoms with Crippen molar-refractivity contribution in [3.63, 3.8) is 0 Å². The molecule has 0 saturated heterocycles. The Labute approximate surface area is 166 Å². The maximum absolute atomic E-state index is 3.60. The van der Waals surface area contributed by atoms with Crippen LogP contribution in [0.25, 0.3) is 0 Å². The number of hydrogen-bond acceptors (Lipinski definition) is 2. The van der Waals surface area contributed by atoms with Gasteiger partial charge in [-0.25, -0.2) is 10.9 Å². The van der Waals surface area contributed by atoms with Crippen LogP contribution in [-0.2, 0) is 0 Å². The van der Waals surface area contributed by atoms with E-state index in [1.54, 1.807) is 0 Å². The lowest BCUT2D eigenvalue weighted by Gasteiger charge is -2.26. The van der Waals surface area contributed by atoms with Gasteiger partial charge in [0, 0.05) is 0 Å². The summed E-state index contributed by atoms with van der Waals surface area (Å²) < 4.78 is 0. The second-order valence-electron chi connectivity index (χ2n) is 6.80. The predicted molar refractivity (Wildman–Crippen MR) is 116 cm³/mol. The smallest absolute Gasteiger partial charge is 0.0712 e. The minimum atomic E-state index is 0.0531. The van der Waals surface area contributed by atoms with Crippen molar-refractivity contribution in [2.24, 2.45) is 0 Å². The average Bonchev–Trinajstić information content (AvgIpc) is 2.79. The summed E-state index contributed by atoms with van der Waals surface area (Å²) in [4.78, 5) is 0. The van der Waals surface area contributed by atoms with Crippen LogP contribution < -0.4 is 10.9 Å². The van der Waals surface area contributed by atoms with Crippen LogP contribution in [0.1, 0.15) is 34.3 Å². The van der Waals surface area contributed by atoms with Crippen molar-refractivity contribution in [2.75, 3.05) is 0 Å². The van der Waals surface area contributed by atoms with Crippen LogP contribution in [0.2, 0.25) is 0 Å². The maximum Gasteiger partial charge on any atom is 0.0712 e. The molecule has 4 rings (SSSR count). The average molecular weight is 364 g/mol. The van der Waals surface area contributed by atoms with Gasteiger partial charge in [0.15, 0.2) is 0 Å². The lowest BCUT2D eigenvalue weighted by atomic mass is 9.98. The molecule has 0 amide bonds. The van der Waals surface area contributed by atoms with Gasteiger partial charge < -0.3 is 0 Å². The molecule has 2 nitrogen and oxygen atoms in total. The van der Waals surface area contributed by atoms with E-state index >= 15 is 0 Å². The molecule has 4 aromatic rings. The van der Waals surface area contributed by atoms with Crippen LogP contribution in [0.15, 0.2) is 121 Å². The highest BCUT2D eigenvalue weighted by Crippen LogP contribution is 2.24. The van der Waals surface area contributed by atoms with E-state index in [2.05, 4.69) is 132 Å². The first kappa shape index (κ1) is 18.2. The molecule has 0 spiro atoms. The first-order valence-electron chi connectivity index (χ1n) is 9.62. The van der Waals surface area contributed by atoms with Crippen molar-refractivity contribution >= 4 is 0 Å². The topological polar surface area (TPSA) is 24.1 Å². The molecular formula is C26H24N2. The molecule has 28 heavy (non-hydrogen) atoms. The Morgan fingerprint density at radius 3 is 0.750 bits per heavy atom.